The highest BCUT2D eigenvalue weighted by atomic mass is 35.5. The Morgan fingerprint density at radius 1 is 1.44 bits per heavy atom. The summed E-state index contributed by atoms with van der Waals surface area (Å²) in [6.45, 7) is 0.452. The van der Waals surface area contributed by atoms with Gasteiger partial charge in [-0.05, 0) is 24.6 Å². The molecule has 0 saturated carbocycles. The summed E-state index contributed by atoms with van der Waals surface area (Å²) in [6.07, 6.45) is 0.399. The molecule has 0 aliphatic carbocycles. The number of carboxylic acid groups (broad SMARTS) is 1. The quantitative estimate of drug-likeness (QED) is 0.895. The molecule has 18 heavy (non-hydrogen) atoms. The Hall–Kier alpha value is -1.62. The molecule has 0 aromatic heterocycles. The van der Waals surface area contributed by atoms with Crippen molar-refractivity contribution < 1.29 is 19.1 Å². The van der Waals surface area contributed by atoms with Gasteiger partial charge in [0.1, 0.15) is 5.82 Å². The third-order valence-electron chi connectivity index (χ3n) is 2.99. The van der Waals surface area contributed by atoms with Crippen molar-refractivity contribution in [2.24, 2.45) is 5.92 Å². The van der Waals surface area contributed by atoms with Gasteiger partial charge in [0.25, 0.3) is 5.91 Å². The second-order valence-electron chi connectivity index (χ2n) is 4.20. The molecular formula is C12H11ClFNO3. The Balaban J connectivity index is 2.15. The number of likely N-dealkylation sites (tertiary alicyclic amines) is 1. The minimum Gasteiger partial charge on any atom is -0.481 e. The van der Waals surface area contributed by atoms with Crippen LogP contribution in [0.1, 0.15) is 16.8 Å². The molecule has 1 atom stereocenters. The molecule has 1 fully saturated rings. The number of nitrogens with zero attached hydrogens (tertiary/aromatic N) is 1. The zero-order valence-electron chi connectivity index (χ0n) is 9.40. The second-order valence-corrected chi connectivity index (χ2v) is 4.64. The first-order valence-corrected chi connectivity index (χ1v) is 5.84. The number of hydrogen-bond acceptors (Lipinski definition) is 2. The lowest BCUT2D eigenvalue weighted by molar-refractivity contribution is -0.141. The average Bonchev–Trinajstić information content (AvgIpc) is 2.77. The van der Waals surface area contributed by atoms with E-state index in [0.717, 1.165) is 6.07 Å². The van der Waals surface area contributed by atoms with Crippen LogP contribution in [0.5, 0.6) is 0 Å². The molecule has 1 amide bonds. The van der Waals surface area contributed by atoms with Crippen LogP contribution in [0.3, 0.4) is 0 Å². The molecule has 4 nitrogen and oxygen atoms in total. The second kappa shape index (κ2) is 4.94. The molecule has 1 saturated heterocycles. The van der Waals surface area contributed by atoms with Crippen molar-refractivity contribution >= 4 is 23.5 Å². The first kappa shape index (κ1) is 12.8. The Labute approximate surface area is 108 Å². The van der Waals surface area contributed by atoms with Crippen molar-refractivity contribution in [1.82, 2.24) is 4.90 Å². The van der Waals surface area contributed by atoms with Crippen molar-refractivity contribution in [3.8, 4) is 0 Å². The molecule has 1 N–H and O–H groups in total. The predicted molar refractivity (Wildman–Crippen MR) is 63.1 cm³/mol. The number of halogens is 2. The van der Waals surface area contributed by atoms with Crippen molar-refractivity contribution in [2.45, 2.75) is 6.42 Å². The number of rotatable bonds is 2. The lowest BCUT2D eigenvalue weighted by atomic mass is 10.1. The monoisotopic (exact) mass is 271 g/mol. The van der Waals surface area contributed by atoms with Crippen LogP contribution in [0.25, 0.3) is 0 Å². The molecule has 1 aromatic rings. The van der Waals surface area contributed by atoms with Gasteiger partial charge >= 0.3 is 5.97 Å². The van der Waals surface area contributed by atoms with Crippen molar-refractivity contribution in [1.29, 1.82) is 0 Å². The Morgan fingerprint density at radius 2 is 2.17 bits per heavy atom. The molecule has 1 aromatic carbocycles. The van der Waals surface area contributed by atoms with E-state index in [4.69, 9.17) is 16.7 Å². The first-order chi connectivity index (χ1) is 8.49. The number of carbonyl (C=O) groups is 2. The lowest BCUT2D eigenvalue weighted by Gasteiger charge is -2.16. The fourth-order valence-corrected chi connectivity index (χ4v) is 2.14. The Kier molecular flexibility index (Phi) is 3.52. The number of aliphatic carboxylic acids is 1. The first-order valence-electron chi connectivity index (χ1n) is 5.46. The largest absolute Gasteiger partial charge is 0.481 e. The molecule has 6 heteroatoms. The van der Waals surface area contributed by atoms with E-state index < -0.39 is 23.6 Å². The standard InChI is InChI=1S/C12H11ClFNO3/c13-8-1-2-9(10(14)5-8)11(16)15-4-3-7(6-15)12(17)18/h1-2,5,7H,3-4,6H2,(H,17,18)/t7-/m0/s1. The molecule has 0 radical (unpaired) electrons. The van der Waals surface area contributed by atoms with E-state index in [0.29, 0.717) is 13.0 Å². The molecule has 1 heterocycles. The van der Waals surface area contributed by atoms with E-state index in [2.05, 4.69) is 0 Å². The van der Waals surface area contributed by atoms with E-state index in [1.165, 1.54) is 17.0 Å². The van der Waals surface area contributed by atoms with Gasteiger partial charge in [0.2, 0.25) is 0 Å². The molecule has 1 aliphatic heterocycles. The molecule has 0 unspecified atom stereocenters. The zero-order valence-corrected chi connectivity index (χ0v) is 10.2. The van der Waals surface area contributed by atoms with Gasteiger partial charge in [-0.15, -0.1) is 0 Å². The minimum absolute atomic E-state index is 0.0783. The van der Waals surface area contributed by atoms with Crippen LogP contribution in [0.15, 0.2) is 18.2 Å². The van der Waals surface area contributed by atoms with Crippen molar-refractivity contribution in [2.75, 3.05) is 13.1 Å². The van der Waals surface area contributed by atoms with Crippen molar-refractivity contribution in [3.63, 3.8) is 0 Å². The van der Waals surface area contributed by atoms with E-state index in [1.54, 1.807) is 0 Å². The van der Waals surface area contributed by atoms with Gasteiger partial charge in [-0.1, -0.05) is 11.6 Å². The third-order valence-corrected chi connectivity index (χ3v) is 3.22. The molecule has 0 bridgehead atoms. The molecule has 2 rings (SSSR count). The molecular weight excluding hydrogens is 261 g/mol. The highest BCUT2D eigenvalue weighted by Crippen LogP contribution is 2.21. The fourth-order valence-electron chi connectivity index (χ4n) is 1.98. The summed E-state index contributed by atoms with van der Waals surface area (Å²) in [5.41, 5.74) is -0.0783. The van der Waals surface area contributed by atoms with Gasteiger partial charge in [0.05, 0.1) is 11.5 Å². The molecule has 0 spiro atoms. The topological polar surface area (TPSA) is 57.6 Å². The van der Waals surface area contributed by atoms with Crippen LogP contribution in [0, 0.1) is 11.7 Å². The average molecular weight is 272 g/mol. The van der Waals surface area contributed by atoms with Crippen LogP contribution in [0.4, 0.5) is 4.39 Å². The normalized spacial score (nSPS) is 19.0. The maximum absolute atomic E-state index is 13.6. The highest BCUT2D eigenvalue weighted by molar-refractivity contribution is 6.30. The van der Waals surface area contributed by atoms with Crippen LogP contribution in [-0.2, 0) is 4.79 Å². The number of carboxylic acids is 1. The van der Waals surface area contributed by atoms with Gasteiger partial charge < -0.3 is 10.0 Å². The zero-order chi connectivity index (χ0) is 13.3. The predicted octanol–water partition coefficient (Wildman–Crippen LogP) is 2.03. The van der Waals surface area contributed by atoms with Gasteiger partial charge in [-0.25, -0.2) is 4.39 Å². The van der Waals surface area contributed by atoms with E-state index >= 15 is 0 Å². The number of carbonyl (C=O) groups excluding carboxylic acids is 1. The summed E-state index contributed by atoms with van der Waals surface area (Å²) in [4.78, 5) is 24.1. The smallest absolute Gasteiger partial charge is 0.308 e. The maximum Gasteiger partial charge on any atom is 0.308 e. The Morgan fingerprint density at radius 3 is 2.72 bits per heavy atom. The summed E-state index contributed by atoms with van der Waals surface area (Å²) in [5, 5.41) is 9.06. The van der Waals surface area contributed by atoms with Gasteiger partial charge in [-0.2, -0.15) is 0 Å². The summed E-state index contributed by atoms with van der Waals surface area (Å²) in [6, 6.07) is 3.82. The third kappa shape index (κ3) is 2.46. The summed E-state index contributed by atoms with van der Waals surface area (Å²) >= 11 is 5.60. The summed E-state index contributed by atoms with van der Waals surface area (Å²) in [5.74, 6) is -2.68. The van der Waals surface area contributed by atoms with Gasteiger partial charge in [0, 0.05) is 18.1 Å². The lowest BCUT2D eigenvalue weighted by Crippen LogP contribution is -2.30. The SMILES string of the molecule is O=C(O)[C@H]1CCN(C(=O)c2ccc(Cl)cc2F)C1. The van der Waals surface area contributed by atoms with Crippen LogP contribution < -0.4 is 0 Å². The number of amides is 1. The maximum atomic E-state index is 13.6. The van der Waals surface area contributed by atoms with Crippen molar-refractivity contribution in [3.05, 3.63) is 34.6 Å². The van der Waals surface area contributed by atoms with Gasteiger partial charge in [0.15, 0.2) is 0 Å². The van der Waals surface area contributed by atoms with E-state index in [-0.39, 0.29) is 17.1 Å². The number of hydrogen-bond donors (Lipinski definition) is 1. The Bertz CT molecular complexity index is 506. The van der Waals surface area contributed by atoms with Crippen LogP contribution >= 0.6 is 11.6 Å². The van der Waals surface area contributed by atoms with Gasteiger partial charge in [-0.3, -0.25) is 9.59 Å². The highest BCUT2D eigenvalue weighted by Gasteiger charge is 2.32. The van der Waals surface area contributed by atoms with E-state index in [1.807, 2.05) is 0 Å². The summed E-state index contributed by atoms with van der Waals surface area (Å²) in [7, 11) is 0. The van der Waals surface area contributed by atoms with Crippen LogP contribution in [0.2, 0.25) is 5.02 Å². The molecule has 96 valence electrons. The van der Waals surface area contributed by atoms with E-state index in [9.17, 15) is 14.0 Å². The fraction of sp³-hybridized carbons (Fsp3) is 0.333. The minimum atomic E-state index is -0.929. The summed E-state index contributed by atoms with van der Waals surface area (Å²) < 4.78 is 13.6. The number of benzene rings is 1. The van der Waals surface area contributed by atoms with Crippen LogP contribution in [-0.4, -0.2) is 35.0 Å². The molecule has 1 aliphatic rings.